The molecule has 1 fully saturated rings. The first-order valence-electron chi connectivity index (χ1n) is 11.5. The largest absolute Gasteiger partial charge is 0.356 e. The lowest BCUT2D eigenvalue weighted by Gasteiger charge is -2.33. The second-order valence-corrected chi connectivity index (χ2v) is 9.31. The van der Waals surface area contributed by atoms with Gasteiger partial charge in [0.2, 0.25) is 0 Å². The van der Waals surface area contributed by atoms with Gasteiger partial charge in [0.05, 0.1) is 15.6 Å². The Morgan fingerprint density at radius 2 is 1.69 bits per heavy atom. The predicted molar refractivity (Wildman–Crippen MR) is 143 cm³/mol. The number of amides is 1. The van der Waals surface area contributed by atoms with Crippen LogP contribution in [0.25, 0.3) is 10.8 Å². The summed E-state index contributed by atoms with van der Waals surface area (Å²) >= 11 is 12.3. The van der Waals surface area contributed by atoms with Crippen LogP contribution in [0.1, 0.15) is 34.3 Å². The number of halogens is 2. The van der Waals surface area contributed by atoms with Gasteiger partial charge >= 0.3 is 0 Å². The molecule has 1 saturated heterocycles. The summed E-state index contributed by atoms with van der Waals surface area (Å²) in [5, 5.41) is 5.99. The lowest BCUT2D eigenvalue weighted by Crippen LogP contribution is -2.45. The number of rotatable bonds is 3. The van der Waals surface area contributed by atoms with Crippen molar-refractivity contribution in [1.29, 1.82) is 0 Å². The van der Waals surface area contributed by atoms with Crippen molar-refractivity contribution in [3.05, 3.63) is 106 Å². The van der Waals surface area contributed by atoms with Gasteiger partial charge in [-0.15, -0.1) is 0 Å². The Kier molecular flexibility index (Phi) is 6.90. The number of piperidine rings is 1. The fourth-order valence-electron chi connectivity index (χ4n) is 4.34. The summed E-state index contributed by atoms with van der Waals surface area (Å²) in [4.78, 5) is 19.7. The molecule has 174 valence electrons. The van der Waals surface area contributed by atoms with Gasteiger partial charge in [0.15, 0.2) is 0 Å². The van der Waals surface area contributed by atoms with Gasteiger partial charge < -0.3 is 10.2 Å². The first-order chi connectivity index (χ1) is 17.1. The van der Waals surface area contributed by atoms with Gasteiger partial charge in [-0.1, -0.05) is 59.3 Å². The van der Waals surface area contributed by atoms with E-state index in [1.807, 2.05) is 48.7 Å². The monoisotopic (exact) mass is 499 g/mol. The highest BCUT2D eigenvalue weighted by Crippen LogP contribution is 2.29. The fraction of sp³-hybridized carbons (Fsp3) is 0.172. The van der Waals surface area contributed by atoms with Gasteiger partial charge in [0.25, 0.3) is 5.91 Å². The van der Waals surface area contributed by atoms with Crippen LogP contribution >= 0.6 is 23.2 Å². The minimum atomic E-state index is -0.191. The van der Waals surface area contributed by atoms with Gasteiger partial charge in [-0.3, -0.25) is 4.79 Å². The molecule has 1 aliphatic heterocycles. The minimum Gasteiger partial charge on any atom is -0.356 e. The van der Waals surface area contributed by atoms with Crippen LogP contribution in [0, 0.1) is 11.8 Å². The first-order valence-corrected chi connectivity index (χ1v) is 12.3. The van der Waals surface area contributed by atoms with E-state index in [0.717, 1.165) is 53.6 Å². The van der Waals surface area contributed by atoms with Crippen molar-refractivity contribution in [3.8, 4) is 11.8 Å². The van der Waals surface area contributed by atoms with Crippen LogP contribution in [0.3, 0.4) is 0 Å². The molecule has 0 aliphatic carbocycles. The van der Waals surface area contributed by atoms with Gasteiger partial charge in [-0.25, -0.2) is 4.98 Å². The summed E-state index contributed by atoms with van der Waals surface area (Å²) in [6.07, 6.45) is 3.49. The van der Waals surface area contributed by atoms with Crippen LogP contribution in [0.15, 0.2) is 79.0 Å². The number of hydrogen-bond donors (Lipinski definition) is 1. The Balaban J connectivity index is 1.27. The second-order valence-electron chi connectivity index (χ2n) is 8.52. The van der Waals surface area contributed by atoms with E-state index in [2.05, 4.69) is 39.2 Å². The molecule has 0 saturated carbocycles. The normalized spacial score (nSPS) is 13.8. The van der Waals surface area contributed by atoms with Gasteiger partial charge in [-0.2, -0.15) is 0 Å². The zero-order chi connectivity index (χ0) is 24.2. The highest BCUT2D eigenvalue weighted by molar-refractivity contribution is 6.43. The maximum atomic E-state index is 12.7. The summed E-state index contributed by atoms with van der Waals surface area (Å²) in [5.41, 5.74) is 2.37. The maximum Gasteiger partial charge on any atom is 0.253 e. The Morgan fingerprint density at radius 1 is 0.914 bits per heavy atom. The standard InChI is InChI=1S/C29H23Cl2N3O/c30-26-8-4-7-25(27(26)31)29(35)33-23-14-17-34(18-15-23)28-24-12-11-21(19-22(24)13-16-32-28)10-9-20-5-2-1-3-6-20/h1-8,11-13,16,19,23H,14-15,17-18H2,(H,33,35). The smallest absolute Gasteiger partial charge is 0.253 e. The quantitative estimate of drug-likeness (QED) is 0.334. The molecule has 1 aromatic heterocycles. The number of carbonyl (C=O) groups excluding carboxylic acids is 1. The van der Waals surface area contributed by atoms with E-state index in [4.69, 9.17) is 23.2 Å². The van der Waals surface area contributed by atoms with E-state index in [0.29, 0.717) is 10.6 Å². The Morgan fingerprint density at radius 3 is 2.49 bits per heavy atom. The molecule has 2 heterocycles. The topological polar surface area (TPSA) is 45.2 Å². The fourth-order valence-corrected chi connectivity index (χ4v) is 4.72. The Labute approximate surface area is 214 Å². The molecule has 35 heavy (non-hydrogen) atoms. The van der Waals surface area contributed by atoms with Crippen molar-refractivity contribution < 1.29 is 4.79 Å². The van der Waals surface area contributed by atoms with Crippen LogP contribution in [-0.2, 0) is 0 Å². The Bertz CT molecular complexity index is 1440. The highest BCUT2D eigenvalue weighted by Gasteiger charge is 2.24. The summed E-state index contributed by atoms with van der Waals surface area (Å²) in [7, 11) is 0. The third-order valence-corrected chi connectivity index (χ3v) is 7.01. The van der Waals surface area contributed by atoms with Crippen molar-refractivity contribution in [2.45, 2.75) is 18.9 Å². The molecule has 1 N–H and O–H groups in total. The SMILES string of the molecule is O=C(NC1CCN(c2nccc3cc(C#Cc4ccccc4)ccc23)CC1)c1cccc(Cl)c1Cl. The second kappa shape index (κ2) is 10.4. The number of nitrogens with one attached hydrogen (secondary N) is 1. The van der Waals surface area contributed by atoms with Gasteiger partial charge in [-0.05, 0) is 66.8 Å². The van der Waals surface area contributed by atoms with Crippen molar-refractivity contribution in [2.24, 2.45) is 0 Å². The molecule has 3 aromatic carbocycles. The molecule has 0 spiro atoms. The van der Waals surface area contributed by atoms with Crippen molar-refractivity contribution >= 4 is 45.7 Å². The molecule has 4 aromatic rings. The summed E-state index contributed by atoms with van der Waals surface area (Å²) < 4.78 is 0. The van der Waals surface area contributed by atoms with E-state index < -0.39 is 0 Å². The molecular formula is C29H23Cl2N3O. The maximum absolute atomic E-state index is 12.7. The third kappa shape index (κ3) is 5.27. The third-order valence-electron chi connectivity index (χ3n) is 6.19. The number of anilines is 1. The number of aromatic nitrogens is 1. The summed E-state index contributed by atoms with van der Waals surface area (Å²) in [6, 6.07) is 23.4. The highest BCUT2D eigenvalue weighted by atomic mass is 35.5. The molecule has 0 unspecified atom stereocenters. The van der Waals surface area contributed by atoms with Crippen molar-refractivity contribution in [3.63, 3.8) is 0 Å². The van der Waals surface area contributed by atoms with Crippen LogP contribution < -0.4 is 10.2 Å². The minimum absolute atomic E-state index is 0.0728. The van der Waals surface area contributed by atoms with E-state index >= 15 is 0 Å². The molecule has 0 radical (unpaired) electrons. The number of nitrogens with zero attached hydrogens (tertiary/aromatic N) is 2. The lowest BCUT2D eigenvalue weighted by molar-refractivity contribution is 0.0931. The predicted octanol–water partition coefficient (Wildman–Crippen LogP) is 6.34. The molecule has 1 amide bonds. The van der Waals surface area contributed by atoms with Crippen LogP contribution in [0.2, 0.25) is 10.0 Å². The zero-order valence-corrected chi connectivity index (χ0v) is 20.5. The summed E-state index contributed by atoms with van der Waals surface area (Å²) in [5.74, 6) is 7.25. The molecule has 1 aliphatic rings. The van der Waals surface area contributed by atoms with E-state index in [-0.39, 0.29) is 17.0 Å². The molecule has 0 bridgehead atoms. The number of benzene rings is 3. The number of pyridine rings is 1. The van der Waals surface area contributed by atoms with Gasteiger partial charge in [0.1, 0.15) is 5.82 Å². The first kappa shape index (κ1) is 23.2. The van der Waals surface area contributed by atoms with Crippen LogP contribution in [0.4, 0.5) is 5.82 Å². The lowest BCUT2D eigenvalue weighted by atomic mass is 10.0. The average Bonchev–Trinajstić information content (AvgIpc) is 2.89. The molecular weight excluding hydrogens is 477 g/mol. The Hall–Kier alpha value is -3.52. The van der Waals surface area contributed by atoms with Crippen molar-refractivity contribution in [2.75, 3.05) is 18.0 Å². The van der Waals surface area contributed by atoms with Crippen LogP contribution in [0.5, 0.6) is 0 Å². The molecule has 0 atom stereocenters. The molecule has 6 heteroatoms. The number of carbonyl (C=O) groups is 1. The molecule has 4 nitrogen and oxygen atoms in total. The number of hydrogen-bond acceptors (Lipinski definition) is 3. The number of fused-ring (bicyclic) bond motifs is 1. The van der Waals surface area contributed by atoms with Crippen LogP contribution in [-0.4, -0.2) is 30.0 Å². The van der Waals surface area contributed by atoms with Crippen molar-refractivity contribution in [1.82, 2.24) is 10.3 Å². The van der Waals surface area contributed by atoms with E-state index in [1.165, 1.54) is 0 Å². The van der Waals surface area contributed by atoms with Gasteiger partial charge in [0, 0.05) is 41.8 Å². The molecule has 5 rings (SSSR count). The van der Waals surface area contributed by atoms with E-state index in [9.17, 15) is 4.79 Å². The zero-order valence-electron chi connectivity index (χ0n) is 19.0. The van der Waals surface area contributed by atoms with E-state index in [1.54, 1.807) is 18.2 Å². The average molecular weight is 500 g/mol. The summed E-state index contributed by atoms with van der Waals surface area (Å²) in [6.45, 7) is 1.60.